The van der Waals surface area contributed by atoms with Gasteiger partial charge in [-0.3, -0.25) is 10.1 Å². The van der Waals surface area contributed by atoms with E-state index in [1.165, 1.54) is 5.56 Å². The Morgan fingerprint density at radius 1 is 1.17 bits per heavy atom. The number of H-pyrrole nitrogens is 1. The van der Waals surface area contributed by atoms with Crippen molar-refractivity contribution in [3.63, 3.8) is 0 Å². The fraction of sp³-hybridized carbons (Fsp3) is 0. The molecule has 5 aromatic rings. The lowest BCUT2D eigenvalue weighted by Gasteiger charge is -2.03. The third-order valence-electron chi connectivity index (χ3n) is 3.99. The summed E-state index contributed by atoms with van der Waals surface area (Å²) in [5, 5.41) is 15.9. The summed E-state index contributed by atoms with van der Waals surface area (Å²) in [6.45, 7) is 0. The van der Waals surface area contributed by atoms with Gasteiger partial charge in [-0.05, 0) is 46.7 Å². The van der Waals surface area contributed by atoms with Crippen molar-refractivity contribution in [2.45, 2.75) is 0 Å². The quantitative estimate of drug-likeness (QED) is 0.478. The molecule has 0 atom stereocenters. The van der Waals surface area contributed by atoms with Gasteiger partial charge in [-0.2, -0.15) is 16.4 Å². The Morgan fingerprint density at radius 2 is 2.17 bits per heavy atom. The van der Waals surface area contributed by atoms with Crippen molar-refractivity contribution in [1.82, 2.24) is 15.2 Å². The van der Waals surface area contributed by atoms with Crippen LogP contribution >= 0.6 is 11.3 Å². The summed E-state index contributed by atoms with van der Waals surface area (Å²) < 4.78 is 5.74. The Labute approximate surface area is 141 Å². The Morgan fingerprint density at radius 3 is 3.08 bits per heavy atom. The molecule has 0 aliphatic rings. The van der Waals surface area contributed by atoms with Gasteiger partial charge in [0.05, 0.1) is 11.8 Å². The zero-order chi connectivity index (χ0) is 15.9. The van der Waals surface area contributed by atoms with Gasteiger partial charge >= 0.3 is 0 Å². The number of nitrogens with zero attached hydrogens (tertiary/aromatic N) is 2. The lowest BCUT2D eigenvalue weighted by atomic mass is 10.1. The average Bonchev–Trinajstić information content (AvgIpc) is 3.34. The van der Waals surface area contributed by atoms with Crippen molar-refractivity contribution in [3.05, 3.63) is 59.6 Å². The second-order valence-corrected chi connectivity index (χ2v) is 6.25. The van der Waals surface area contributed by atoms with Gasteiger partial charge < -0.3 is 9.73 Å². The SMILES string of the molecule is c1cnc2c(Nc3ccc4c(-c5ccsc5)coc4c3)n[nH]c2c1. The first-order valence-electron chi connectivity index (χ1n) is 7.48. The molecule has 0 aliphatic carbocycles. The number of furan rings is 1. The van der Waals surface area contributed by atoms with Crippen molar-refractivity contribution in [2.75, 3.05) is 5.32 Å². The molecule has 4 aromatic heterocycles. The van der Waals surface area contributed by atoms with Crippen LogP contribution in [0.15, 0.2) is 64.0 Å². The van der Waals surface area contributed by atoms with Crippen molar-refractivity contribution >= 4 is 44.8 Å². The molecule has 1 aromatic carbocycles. The maximum atomic E-state index is 5.74. The van der Waals surface area contributed by atoms with Crippen molar-refractivity contribution in [2.24, 2.45) is 0 Å². The van der Waals surface area contributed by atoms with Crippen molar-refractivity contribution in [3.8, 4) is 11.1 Å². The van der Waals surface area contributed by atoms with E-state index in [-0.39, 0.29) is 0 Å². The van der Waals surface area contributed by atoms with E-state index in [9.17, 15) is 0 Å². The number of rotatable bonds is 3. The molecule has 0 saturated carbocycles. The Bertz CT molecular complexity index is 1140. The Hall–Kier alpha value is -3.12. The molecule has 116 valence electrons. The Kier molecular flexibility index (Phi) is 2.89. The van der Waals surface area contributed by atoms with E-state index in [1.807, 2.05) is 30.5 Å². The number of aromatic amines is 1. The zero-order valence-corrected chi connectivity index (χ0v) is 13.3. The molecule has 0 saturated heterocycles. The number of hydrogen-bond donors (Lipinski definition) is 2. The first kappa shape index (κ1) is 13.3. The van der Waals surface area contributed by atoms with E-state index in [0.29, 0.717) is 5.82 Å². The highest BCUT2D eigenvalue weighted by Crippen LogP contribution is 2.34. The highest BCUT2D eigenvalue weighted by molar-refractivity contribution is 7.08. The van der Waals surface area contributed by atoms with Crippen molar-refractivity contribution < 1.29 is 4.42 Å². The number of benzene rings is 1. The van der Waals surface area contributed by atoms with Crippen LogP contribution in [0.3, 0.4) is 0 Å². The van der Waals surface area contributed by atoms with E-state index in [2.05, 4.69) is 43.4 Å². The van der Waals surface area contributed by atoms with E-state index in [4.69, 9.17) is 4.42 Å². The molecule has 0 spiro atoms. The predicted molar refractivity (Wildman–Crippen MR) is 96.7 cm³/mol. The predicted octanol–water partition coefficient (Wildman–Crippen LogP) is 5.18. The molecule has 5 rings (SSSR count). The molecule has 0 unspecified atom stereocenters. The second kappa shape index (κ2) is 5.21. The van der Waals surface area contributed by atoms with Crippen LogP contribution in [-0.2, 0) is 0 Å². The van der Waals surface area contributed by atoms with Gasteiger partial charge in [-0.15, -0.1) is 0 Å². The van der Waals surface area contributed by atoms with Gasteiger partial charge in [0.25, 0.3) is 0 Å². The van der Waals surface area contributed by atoms with Gasteiger partial charge in [0, 0.05) is 28.9 Å². The van der Waals surface area contributed by atoms with Crippen LogP contribution in [0.5, 0.6) is 0 Å². The number of nitrogens with one attached hydrogen (secondary N) is 2. The first-order valence-corrected chi connectivity index (χ1v) is 8.43. The van der Waals surface area contributed by atoms with Gasteiger partial charge in [-0.25, -0.2) is 0 Å². The summed E-state index contributed by atoms with van der Waals surface area (Å²) in [6, 6.07) is 12.0. The smallest absolute Gasteiger partial charge is 0.178 e. The van der Waals surface area contributed by atoms with Crippen LogP contribution in [-0.4, -0.2) is 15.2 Å². The number of pyridine rings is 1. The molecule has 5 nitrogen and oxygen atoms in total. The Balaban J connectivity index is 1.54. The normalized spacial score (nSPS) is 11.3. The van der Waals surface area contributed by atoms with Crippen LogP contribution in [0, 0.1) is 0 Å². The zero-order valence-electron chi connectivity index (χ0n) is 12.5. The summed E-state index contributed by atoms with van der Waals surface area (Å²) in [7, 11) is 0. The first-order chi connectivity index (χ1) is 11.9. The molecule has 0 fully saturated rings. The molecule has 0 amide bonds. The summed E-state index contributed by atoms with van der Waals surface area (Å²) in [5.41, 5.74) is 5.77. The number of thiophene rings is 1. The number of hydrogen-bond acceptors (Lipinski definition) is 5. The standard InChI is InChI=1S/C18H12N4OS/c1-2-15-17(19-6-1)18(22-21-15)20-12-3-4-13-14(9-23-16(13)8-12)11-5-7-24-10-11/h1-10H,(H2,20,21,22). The van der Waals surface area contributed by atoms with Crippen LogP contribution in [0.1, 0.15) is 0 Å². The fourth-order valence-electron chi connectivity index (χ4n) is 2.82. The summed E-state index contributed by atoms with van der Waals surface area (Å²) in [5.74, 6) is 0.703. The molecular formula is C18H12N4OS. The minimum Gasteiger partial charge on any atom is -0.464 e. The summed E-state index contributed by atoms with van der Waals surface area (Å²) in [6.07, 6.45) is 3.56. The molecule has 0 bridgehead atoms. The topological polar surface area (TPSA) is 66.7 Å². The monoisotopic (exact) mass is 332 g/mol. The summed E-state index contributed by atoms with van der Waals surface area (Å²) in [4.78, 5) is 4.36. The van der Waals surface area contributed by atoms with E-state index in [1.54, 1.807) is 17.5 Å². The minimum atomic E-state index is 0.703. The van der Waals surface area contributed by atoms with Gasteiger partial charge in [0.2, 0.25) is 0 Å². The van der Waals surface area contributed by atoms with Gasteiger partial charge in [-0.1, -0.05) is 0 Å². The molecule has 24 heavy (non-hydrogen) atoms. The molecule has 4 heterocycles. The lowest BCUT2D eigenvalue weighted by Crippen LogP contribution is -1.91. The van der Waals surface area contributed by atoms with Crippen LogP contribution in [0.4, 0.5) is 11.5 Å². The highest BCUT2D eigenvalue weighted by Gasteiger charge is 2.11. The number of fused-ring (bicyclic) bond motifs is 2. The maximum Gasteiger partial charge on any atom is 0.178 e. The molecule has 2 N–H and O–H groups in total. The molecule has 6 heteroatoms. The fourth-order valence-corrected chi connectivity index (χ4v) is 3.48. The third-order valence-corrected chi connectivity index (χ3v) is 4.67. The van der Waals surface area contributed by atoms with Crippen molar-refractivity contribution in [1.29, 1.82) is 0 Å². The molecular weight excluding hydrogens is 320 g/mol. The lowest BCUT2D eigenvalue weighted by molar-refractivity contribution is 0.617. The van der Waals surface area contributed by atoms with Crippen LogP contribution in [0.25, 0.3) is 33.1 Å². The largest absolute Gasteiger partial charge is 0.464 e. The molecule has 0 radical (unpaired) electrons. The number of aromatic nitrogens is 3. The third kappa shape index (κ3) is 2.08. The summed E-state index contributed by atoms with van der Waals surface area (Å²) >= 11 is 1.68. The van der Waals surface area contributed by atoms with E-state index >= 15 is 0 Å². The number of anilines is 2. The minimum absolute atomic E-state index is 0.703. The van der Waals surface area contributed by atoms with Gasteiger partial charge in [0.1, 0.15) is 11.1 Å². The molecule has 0 aliphatic heterocycles. The highest BCUT2D eigenvalue weighted by atomic mass is 32.1. The van der Waals surface area contributed by atoms with Crippen LogP contribution < -0.4 is 5.32 Å². The maximum absolute atomic E-state index is 5.74. The van der Waals surface area contributed by atoms with Crippen LogP contribution in [0.2, 0.25) is 0 Å². The van der Waals surface area contributed by atoms with Gasteiger partial charge in [0.15, 0.2) is 5.82 Å². The average molecular weight is 332 g/mol. The van der Waals surface area contributed by atoms with E-state index < -0.39 is 0 Å². The second-order valence-electron chi connectivity index (χ2n) is 5.47. The van der Waals surface area contributed by atoms with E-state index in [0.717, 1.165) is 33.3 Å².